The Morgan fingerprint density at radius 3 is 2.68 bits per heavy atom. The summed E-state index contributed by atoms with van der Waals surface area (Å²) in [6.07, 6.45) is 0. The lowest BCUT2D eigenvalue weighted by Crippen LogP contribution is -2.29. The van der Waals surface area contributed by atoms with Crippen LogP contribution in [-0.2, 0) is 11.3 Å². The fourth-order valence-corrected chi connectivity index (χ4v) is 2.75. The van der Waals surface area contributed by atoms with Crippen molar-refractivity contribution in [2.24, 2.45) is 0 Å². The third kappa shape index (κ3) is 4.78. The predicted molar refractivity (Wildman–Crippen MR) is 83.4 cm³/mol. The molecule has 0 atom stereocenters. The van der Waals surface area contributed by atoms with Crippen LogP contribution in [0.4, 0.5) is 5.69 Å². The van der Waals surface area contributed by atoms with Crippen molar-refractivity contribution in [3.8, 4) is 0 Å². The molecule has 19 heavy (non-hydrogen) atoms. The molecule has 0 aliphatic carbocycles. The lowest BCUT2D eigenvalue weighted by Gasteiger charge is -2.15. The second-order valence-electron chi connectivity index (χ2n) is 4.31. The first-order chi connectivity index (χ1) is 9.13. The zero-order chi connectivity index (χ0) is 13.7. The molecule has 1 amide bonds. The normalized spacial score (nSPS) is 10.7. The molecule has 0 unspecified atom stereocenters. The van der Waals surface area contributed by atoms with E-state index in [0.717, 1.165) is 16.7 Å². The maximum Gasteiger partial charge on any atom is 0.238 e. The van der Waals surface area contributed by atoms with Gasteiger partial charge in [0.2, 0.25) is 5.91 Å². The van der Waals surface area contributed by atoms with Gasteiger partial charge in [-0.25, -0.2) is 0 Å². The Hall–Kier alpha value is -1.17. The fourth-order valence-electron chi connectivity index (χ4n) is 1.70. The standard InChI is InChI=1S/C14H15BrN2OS/c1-17(9-13-3-2-8-19-13)10-14(18)16-12-6-4-11(15)5-7-12/h2-8H,9-10H2,1H3,(H,16,18). The summed E-state index contributed by atoms with van der Waals surface area (Å²) in [5, 5.41) is 4.93. The minimum Gasteiger partial charge on any atom is -0.325 e. The van der Waals surface area contributed by atoms with Crippen molar-refractivity contribution in [1.82, 2.24) is 4.90 Å². The molecule has 0 spiro atoms. The van der Waals surface area contributed by atoms with Crippen molar-refractivity contribution < 1.29 is 4.79 Å². The number of hydrogen-bond acceptors (Lipinski definition) is 3. The van der Waals surface area contributed by atoms with E-state index in [4.69, 9.17) is 0 Å². The highest BCUT2D eigenvalue weighted by Crippen LogP contribution is 2.14. The Kier molecular flexibility index (Phi) is 5.13. The second kappa shape index (κ2) is 6.84. The van der Waals surface area contributed by atoms with Gasteiger partial charge in [0.05, 0.1) is 6.54 Å². The van der Waals surface area contributed by atoms with Crippen LogP contribution in [-0.4, -0.2) is 24.4 Å². The van der Waals surface area contributed by atoms with Crippen LogP contribution in [0.5, 0.6) is 0 Å². The van der Waals surface area contributed by atoms with Crippen LogP contribution >= 0.6 is 27.3 Å². The van der Waals surface area contributed by atoms with Gasteiger partial charge < -0.3 is 5.32 Å². The van der Waals surface area contributed by atoms with E-state index in [1.807, 2.05) is 47.7 Å². The first-order valence-electron chi connectivity index (χ1n) is 5.90. The third-order valence-electron chi connectivity index (χ3n) is 2.55. The largest absolute Gasteiger partial charge is 0.325 e. The lowest BCUT2D eigenvalue weighted by molar-refractivity contribution is -0.117. The van der Waals surface area contributed by atoms with Crippen LogP contribution < -0.4 is 5.32 Å². The molecule has 1 heterocycles. The summed E-state index contributed by atoms with van der Waals surface area (Å²) in [6.45, 7) is 1.18. The van der Waals surface area contributed by atoms with Gasteiger partial charge >= 0.3 is 0 Å². The fraction of sp³-hybridized carbons (Fsp3) is 0.214. The van der Waals surface area contributed by atoms with Crippen molar-refractivity contribution in [2.45, 2.75) is 6.54 Å². The summed E-state index contributed by atoms with van der Waals surface area (Å²) in [4.78, 5) is 15.1. The number of nitrogens with zero attached hydrogens (tertiary/aromatic N) is 1. The zero-order valence-corrected chi connectivity index (χ0v) is 13.0. The van der Waals surface area contributed by atoms with Crippen LogP contribution in [0.2, 0.25) is 0 Å². The number of halogens is 1. The monoisotopic (exact) mass is 338 g/mol. The maximum atomic E-state index is 11.9. The number of benzene rings is 1. The summed E-state index contributed by atoms with van der Waals surface area (Å²) in [6, 6.07) is 11.7. The van der Waals surface area contributed by atoms with Gasteiger partial charge in [-0.15, -0.1) is 11.3 Å². The van der Waals surface area contributed by atoms with Crippen molar-refractivity contribution in [2.75, 3.05) is 18.9 Å². The Bertz CT molecular complexity index is 525. The van der Waals surface area contributed by atoms with E-state index in [1.54, 1.807) is 11.3 Å². The van der Waals surface area contributed by atoms with Gasteiger partial charge in [-0.1, -0.05) is 22.0 Å². The molecule has 0 fully saturated rings. The van der Waals surface area contributed by atoms with E-state index >= 15 is 0 Å². The van der Waals surface area contributed by atoms with E-state index in [9.17, 15) is 4.79 Å². The number of amides is 1. The highest BCUT2D eigenvalue weighted by Gasteiger charge is 2.07. The number of carbonyl (C=O) groups excluding carboxylic acids is 1. The first-order valence-corrected chi connectivity index (χ1v) is 7.57. The van der Waals surface area contributed by atoms with E-state index in [-0.39, 0.29) is 5.91 Å². The van der Waals surface area contributed by atoms with Gasteiger partial charge in [0.25, 0.3) is 0 Å². The minimum atomic E-state index is 0.00128. The number of rotatable bonds is 5. The number of likely N-dealkylation sites (N-methyl/N-ethyl adjacent to an activating group) is 1. The Balaban J connectivity index is 1.82. The van der Waals surface area contributed by atoms with E-state index in [0.29, 0.717) is 6.54 Å². The van der Waals surface area contributed by atoms with Gasteiger partial charge in [0, 0.05) is 21.6 Å². The molecule has 0 bridgehead atoms. The van der Waals surface area contributed by atoms with Crippen LogP contribution in [0.3, 0.4) is 0 Å². The molecule has 2 rings (SSSR count). The molecule has 0 aliphatic heterocycles. The van der Waals surface area contributed by atoms with E-state index < -0.39 is 0 Å². The van der Waals surface area contributed by atoms with Crippen molar-refractivity contribution in [3.05, 3.63) is 51.1 Å². The summed E-state index contributed by atoms with van der Waals surface area (Å²) in [5.74, 6) is 0.00128. The summed E-state index contributed by atoms with van der Waals surface area (Å²) in [5.41, 5.74) is 0.817. The summed E-state index contributed by atoms with van der Waals surface area (Å²) < 4.78 is 1.00. The summed E-state index contributed by atoms with van der Waals surface area (Å²) >= 11 is 5.07. The summed E-state index contributed by atoms with van der Waals surface area (Å²) in [7, 11) is 1.95. The highest BCUT2D eigenvalue weighted by atomic mass is 79.9. The first kappa shape index (κ1) is 14.2. The van der Waals surface area contributed by atoms with Crippen LogP contribution in [0, 0.1) is 0 Å². The van der Waals surface area contributed by atoms with E-state index in [1.165, 1.54) is 4.88 Å². The second-order valence-corrected chi connectivity index (χ2v) is 6.25. The lowest BCUT2D eigenvalue weighted by atomic mass is 10.3. The number of hydrogen-bond donors (Lipinski definition) is 1. The molecule has 1 aromatic carbocycles. The van der Waals surface area contributed by atoms with Crippen molar-refractivity contribution in [1.29, 1.82) is 0 Å². The molecule has 0 saturated carbocycles. The molecule has 5 heteroatoms. The number of anilines is 1. The van der Waals surface area contributed by atoms with Gasteiger partial charge in [-0.2, -0.15) is 0 Å². The molecule has 0 aliphatic rings. The number of thiophene rings is 1. The Labute approximate surface area is 125 Å². The highest BCUT2D eigenvalue weighted by molar-refractivity contribution is 9.10. The predicted octanol–water partition coefficient (Wildman–Crippen LogP) is 3.58. The molecule has 3 nitrogen and oxygen atoms in total. The maximum absolute atomic E-state index is 11.9. The van der Waals surface area contributed by atoms with Gasteiger partial charge in [-0.3, -0.25) is 9.69 Å². The van der Waals surface area contributed by atoms with Gasteiger partial charge in [0.1, 0.15) is 0 Å². The average molecular weight is 339 g/mol. The van der Waals surface area contributed by atoms with Gasteiger partial charge in [0.15, 0.2) is 0 Å². The van der Waals surface area contributed by atoms with Crippen LogP contribution in [0.25, 0.3) is 0 Å². The molecule has 0 saturated heterocycles. The molecule has 1 aromatic heterocycles. The zero-order valence-electron chi connectivity index (χ0n) is 10.6. The molecule has 100 valence electrons. The average Bonchev–Trinajstić information content (AvgIpc) is 2.84. The van der Waals surface area contributed by atoms with Gasteiger partial charge in [-0.05, 0) is 42.8 Å². The van der Waals surface area contributed by atoms with Crippen LogP contribution in [0.15, 0.2) is 46.3 Å². The SMILES string of the molecule is CN(CC(=O)Nc1ccc(Br)cc1)Cc1cccs1. The van der Waals surface area contributed by atoms with Crippen LogP contribution in [0.1, 0.15) is 4.88 Å². The molecular weight excluding hydrogens is 324 g/mol. The van der Waals surface area contributed by atoms with Crippen molar-refractivity contribution in [3.63, 3.8) is 0 Å². The minimum absolute atomic E-state index is 0.00128. The molecule has 0 radical (unpaired) electrons. The molecule has 1 N–H and O–H groups in total. The third-order valence-corrected chi connectivity index (χ3v) is 3.94. The smallest absolute Gasteiger partial charge is 0.238 e. The molecular formula is C14H15BrN2OS. The van der Waals surface area contributed by atoms with Crippen molar-refractivity contribution >= 4 is 38.9 Å². The Morgan fingerprint density at radius 2 is 2.05 bits per heavy atom. The topological polar surface area (TPSA) is 32.3 Å². The Morgan fingerprint density at radius 1 is 1.32 bits per heavy atom. The molecule has 2 aromatic rings. The van der Waals surface area contributed by atoms with E-state index in [2.05, 4.69) is 27.3 Å². The number of nitrogens with one attached hydrogen (secondary N) is 1. The number of carbonyl (C=O) groups is 1. The quantitative estimate of drug-likeness (QED) is 0.903.